The van der Waals surface area contributed by atoms with E-state index in [4.69, 9.17) is 0 Å². The van der Waals surface area contributed by atoms with Crippen LogP contribution in [0.4, 0.5) is 0 Å². The predicted octanol–water partition coefficient (Wildman–Crippen LogP) is 7.48. The number of hydrogen-bond donors (Lipinski definition) is 1. The van der Waals surface area contributed by atoms with Crippen molar-refractivity contribution in [2.45, 2.75) is 122 Å². The van der Waals surface area contributed by atoms with Gasteiger partial charge >= 0.3 is 0 Å². The molecule has 0 spiro atoms. The summed E-state index contributed by atoms with van der Waals surface area (Å²) in [5, 5.41) is 0.0426. The molecule has 1 nitrogen and oxygen atoms in total. The first kappa shape index (κ1) is 22.0. The van der Waals surface area contributed by atoms with Crippen LogP contribution in [0.1, 0.15) is 122 Å². The quantitative estimate of drug-likeness (QED) is 0.204. The van der Waals surface area contributed by atoms with Gasteiger partial charge < -0.3 is 0 Å². The van der Waals surface area contributed by atoms with Gasteiger partial charge in [0.2, 0.25) is 0 Å². The van der Waals surface area contributed by atoms with E-state index >= 15 is 0 Å². The SMILES string of the molecule is CCCCCCCCCCCCCCCCCCCC(=O)S. The molecule has 0 saturated carbocycles. The van der Waals surface area contributed by atoms with Crippen molar-refractivity contribution in [2.24, 2.45) is 0 Å². The molecular formula is C20H40OS. The Morgan fingerprint density at radius 2 is 0.818 bits per heavy atom. The van der Waals surface area contributed by atoms with E-state index in [1.165, 1.54) is 103 Å². The normalized spacial score (nSPS) is 11.0. The van der Waals surface area contributed by atoms with Crippen molar-refractivity contribution in [3.63, 3.8) is 0 Å². The molecule has 0 bridgehead atoms. The fraction of sp³-hybridized carbons (Fsp3) is 0.950. The minimum Gasteiger partial charge on any atom is -0.288 e. The highest BCUT2D eigenvalue weighted by Crippen LogP contribution is 2.14. The molecule has 0 N–H and O–H groups in total. The van der Waals surface area contributed by atoms with Gasteiger partial charge in [0.15, 0.2) is 5.12 Å². The van der Waals surface area contributed by atoms with E-state index in [2.05, 4.69) is 19.6 Å². The van der Waals surface area contributed by atoms with Crippen molar-refractivity contribution >= 4 is 17.7 Å². The topological polar surface area (TPSA) is 17.1 Å². The maximum absolute atomic E-state index is 10.7. The molecule has 0 amide bonds. The lowest BCUT2D eigenvalue weighted by atomic mass is 10.0. The smallest absolute Gasteiger partial charge is 0.185 e. The summed E-state index contributed by atoms with van der Waals surface area (Å²) in [5.74, 6) is 0. The number of thiol groups is 1. The zero-order chi connectivity index (χ0) is 16.3. The van der Waals surface area contributed by atoms with Crippen LogP contribution in [0.25, 0.3) is 0 Å². The number of hydrogen-bond acceptors (Lipinski definition) is 1. The standard InChI is InChI=1S/C20H40OS/c1-2-3-4-5-6-7-8-9-10-11-12-13-14-15-16-17-18-19-20(21)22/h2-19H2,1H3,(H,21,22). The largest absolute Gasteiger partial charge is 0.288 e. The molecule has 0 aliphatic heterocycles. The molecule has 0 rings (SSSR count). The molecule has 0 aromatic heterocycles. The lowest BCUT2D eigenvalue weighted by Gasteiger charge is -2.03. The van der Waals surface area contributed by atoms with E-state index in [0.717, 1.165) is 6.42 Å². The number of carbonyl (C=O) groups excluding carboxylic acids is 1. The first-order chi connectivity index (χ1) is 10.8. The summed E-state index contributed by atoms with van der Waals surface area (Å²) in [5.41, 5.74) is 0. The number of rotatable bonds is 18. The third kappa shape index (κ3) is 20.0. The third-order valence-electron chi connectivity index (χ3n) is 4.49. The Labute approximate surface area is 145 Å². The monoisotopic (exact) mass is 328 g/mol. The molecule has 0 radical (unpaired) electrons. The van der Waals surface area contributed by atoms with Gasteiger partial charge in [-0.1, -0.05) is 110 Å². The predicted molar refractivity (Wildman–Crippen MR) is 103 cm³/mol. The molecule has 0 aliphatic rings. The van der Waals surface area contributed by atoms with Crippen LogP contribution in [0.5, 0.6) is 0 Å². The number of unbranched alkanes of at least 4 members (excludes halogenated alkanes) is 16. The van der Waals surface area contributed by atoms with Crippen molar-refractivity contribution in [2.75, 3.05) is 0 Å². The summed E-state index contributed by atoms with van der Waals surface area (Å²) in [7, 11) is 0. The molecule has 22 heavy (non-hydrogen) atoms. The van der Waals surface area contributed by atoms with Crippen LogP contribution in [0.15, 0.2) is 0 Å². The summed E-state index contributed by atoms with van der Waals surface area (Å²) in [4.78, 5) is 10.7. The maximum Gasteiger partial charge on any atom is 0.185 e. The fourth-order valence-corrected chi connectivity index (χ4v) is 3.16. The lowest BCUT2D eigenvalue weighted by molar-refractivity contribution is -0.110. The van der Waals surface area contributed by atoms with Gasteiger partial charge in [-0.15, -0.1) is 12.6 Å². The van der Waals surface area contributed by atoms with Gasteiger partial charge in [0.25, 0.3) is 0 Å². The Hall–Kier alpha value is 0.0200. The summed E-state index contributed by atoms with van der Waals surface area (Å²) < 4.78 is 0. The van der Waals surface area contributed by atoms with Crippen LogP contribution in [0.3, 0.4) is 0 Å². The zero-order valence-corrected chi connectivity index (χ0v) is 16.0. The Bertz CT molecular complexity index is 228. The van der Waals surface area contributed by atoms with Crippen LogP contribution in [0, 0.1) is 0 Å². The van der Waals surface area contributed by atoms with Gasteiger partial charge in [0.1, 0.15) is 0 Å². The van der Waals surface area contributed by atoms with E-state index in [-0.39, 0.29) is 5.12 Å². The molecule has 0 atom stereocenters. The van der Waals surface area contributed by atoms with Gasteiger partial charge in [0, 0.05) is 6.42 Å². The first-order valence-electron chi connectivity index (χ1n) is 9.99. The molecular weight excluding hydrogens is 288 g/mol. The second-order valence-electron chi connectivity index (χ2n) is 6.80. The Morgan fingerprint density at radius 1 is 0.545 bits per heavy atom. The van der Waals surface area contributed by atoms with Gasteiger partial charge in [-0.25, -0.2) is 0 Å². The molecule has 0 fully saturated rings. The van der Waals surface area contributed by atoms with Crippen molar-refractivity contribution in [3.8, 4) is 0 Å². The van der Waals surface area contributed by atoms with Gasteiger partial charge in [-0.2, -0.15) is 0 Å². The van der Waals surface area contributed by atoms with Crippen LogP contribution >= 0.6 is 12.6 Å². The van der Waals surface area contributed by atoms with E-state index < -0.39 is 0 Å². The average Bonchev–Trinajstić information content (AvgIpc) is 2.50. The van der Waals surface area contributed by atoms with E-state index in [0.29, 0.717) is 6.42 Å². The van der Waals surface area contributed by atoms with Crippen LogP contribution in [-0.2, 0) is 4.79 Å². The van der Waals surface area contributed by atoms with Crippen molar-refractivity contribution in [1.82, 2.24) is 0 Å². The molecule has 0 aliphatic carbocycles. The molecule has 0 aromatic rings. The van der Waals surface area contributed by atoms with Crippen LogP contribution < -0.4 is 0 Å². The zero-order valence-electron chi connectivity index (χ0n) is 15.1. The van der Waals surface area contributed by atoms with Gasteiger partial charge in [-0.05, 0) is 6.42 Å². The van der Waals surface area contributed by atoms with Gasteiger partial charge in [0.05, 0.1) is 0 Å². The summed E-state index contributed by atoms with van der Waals surface area (Å²) in [6.07, 6.45) is 24.1. The fourth-order valence-electron chi connectivity index (χ4n) is 3.00. The second-order valence-corrected chi connectivity index (χ2v) is 7.30. The van der Waals surface area contributed by atoms with Crippen molar-refractivity contribution in [1.29, 1.82) is 0 Å². The first-order valence-corrected chi connectivity index (χ1v) is 10.4. The minimum atomic E-state index is 0.0426. The molecule has 132 valence electrons. The van der Waals surface area contributed by atoms with E-state index in [9.17, 15) is 4.79 Å². The molecule has 0 aromatic carbocycles. The van der Waals surface area contributed by atoms with E-state index in [1.54, 1.807) is 0 Å². The summed E-state index contributed by atoms with van der Waals surface area (Å²) in [6, 6.07) is 0. The third-order valence-corrected chi connectivity index (χ3v) is 4.72. The highest BCUT2D eigenvalue weighted by Gasteiger charge is 1.96. The minimum absolute atomic E-state index is 0.0426. The Balaban J connectivity index is 2.95. The van der Waals surface area contributed by atoms with Crippen molar-refractivity contribution in [3.05, 3.63) is 0 Å². The second kappa shape index (κ2) is 19.1. The lowest BCUT2D eigenvalue weighted by Crippen LogP contribution is -1.87. The molecule has 2 heteroatoms. The summed E-state index contributed by atoms with van der Waals surface area (Å²) in [6.45, 7) is 2.28. The Kier molecular flexibility index (Phi) is 19.1. The average molecular weight is 329 g/mol. The number of carbonyl (C=O) groups is 1. The molecule has 0 saturated heterocycles. The molecule has 0 unspecified atom stereocenters. The highest BCUT2D eigenvalue weighted by atomic mass is 32.1. The Morgan fingerprint density at radius 3 is 1.09 bits per heavy atom. The van der Waals surface area contributed by atoms with Gasteiger partial charge in [-0.3, -0.25) is 4.79 Å². The highest BCUT2D eigenvalue weighted by molar-refractivity contribution is 7.96. The molecule has 0 heterocycles. The van der Waals surface area contributed by atoms with Crippen molar-refractivity contribution < 1.29 is 4.79 Å². The van der Waals surface area contributed by atoms with E-state index in [1.807, 2.05) is 0 Å². The summed E-state index contributed by atoms with van der Waals surface area (Å²) >= 11 is 3.79. The maximum atomic E-state index is 10.7. The van der Waals surface area contributed by atoms with Crippen LogP contribution in [-0.4, -0.2) is 5.12 Å². The van der Waals surface area contributed by atoms with Crippen LogP contribution in [0.2, 0.25) is 0 Å².